The summed E-state index contributed by atoms with van der Waals surface area (Å²) in [6.07, 6.45) is 6.42. The van der Waals surface area contributed by atoms with Crippen molar-refractivity contribution < 1.29 is 18.3 Å². The van der Waals surface area contributed by atoms with E-state index in [-0.39, 0.29) is 28.6 Å². The van der Waals surface area contributed by atoms with Gasteiger partial charge in [-0.1, -0.05) is 12.0 Å². The number of carbonyl (C=O) groups is 1. The molecule has 7 nitrogen and oxygen atoms in total. The number of pyridine rings is 1. The van der Waals surface area contributed by atoms with Crippen molar-refractivity contribution in [1.29, 1.82) is 0 Å². The highest BCUT2D eigenvalue weighted by atomic mass is 32.2. The number of nitrogens with zero attached hydrogens (tertiary/aromatic N) is 1. The molecular weight excluding hydrogens is 318 g/mol. The number of terminal acetylenes is 1. The topological polar surface area (TPSA) is 108 Å². The first kappa shape index (κ1) is 16.5. The number of rotatable bonds is 5. The minimum Gasteiger partial charge on any atom is -0.504 e. The molecule has 0 aliphatic carbocycles. The maximum absolute atomic E-state index is 12.1. The summed E-state index contributed by atoms with van der Waals surface area (Å²) >= 11 is 0. The molecule has 1 aromatic heterocycles. The van der Waals surface area contributed by atoms with Crippen LogP contribution in [0.4, 0.5) is 5.82 Å². The number of aromatic hydroxyl groups is 1. The minimum atomic E-state index is -3.80. The first-order valence-corrected chi connectivity index (χ1v) is 7.91. The summed E-state index contributed by atoms with van der Waals surface area (Å²) in [5.74, 6) is 1.35. The van der Waals surface area contributed by atoms with E-state index in [1.165, 1.54) is 42.6 Å². The summed E-state index contributed by atoms with van der Waals surface area (Å²) in [5, 5.41) is 12.0. The van der Waals surface area contributed by atoms with E-state index in [1.54, 1.807) is 0 Å². The monoisotopic (exact) mass is 331 g/mol. The van der Waals surface area contributed by atoms with Gasteiger partial charge in [-0.05, 0) is 30.3 Å². The van der Waals surface area contributed by atoms with Crippen LogP contribution in [0.3, 0.4) is 0 Å². The van der Waals surface area contributed by atoms with Gasteiger partial charge < -0.3 is 10.4 Å². The summed E-state index contributed by atoms with van der Waals surface area (Å²) in [7, 11) is -3.80. The van der Waals surface area contributed by atoms with Crippen LogP contribution in [0, 0.1) is 12.3 Å². The lowest BCUT2D eigenvalue weighted by Crippen LogP contribution is -2.24. The second kappa shape index (κ2) is 6.91. The molecule has 1 amide bonds. The zero-order valence-electron chi connectivity index (χ0n) is 11.9. The molecule has 0 saturated heterocycles. The van der Waals surface area contributed by atoms with Crippen molar-refractivity contribution in [3.05, 3.63) is 48.2 Å². The number of hydrogen-bond donors (Lipinski definition) is 3. The van der Waals surface area contributed by atoms with E-state index in [0.29, 0.717) is 0 Å². The molecule has 0 aliphatic rings. The number of benzene rings is 1. The largest absolute Gasteiger partial charge is 0.504 e. The standard InChI is InChI=1S/C15H13N3O4S/c1-2-8-17-23(21,22)12-6-3-5-11(10-12)15(20)18-14-13(19)7-4-9-16-14/h1,3-7,9-10,17,19H,8H2,(H,16,18,20). The van der Waals surface area contributed by atoms with E-state index < -0.39 is 15.9 Å². The molecular formula is C15H13N3O4S. The quantitative estimate of drug-likeness (QED) is 0.707. The van der Waals surface area contributed by atoms with Crippen LogP contribution in [0.2, 0.25) is 0 Å². The maximum atomic E-state index is 12.1. The van der Waals surface area contributed by atoms with Crippen LogP contribution in [-0.2, 0) is 10.0 Å². The second-order valence-corrected chi connectivity index (χ2v) is 6.15. The van der Waals surface area contributed by atoms with Crippen LogP contribution in [0.1, 0.15) is 10.4 Å². The van der Waals surface area contributed by atoms with Gasteiger partial charge in [-0.25, -0.2) is 13.4 Å². The fourth-order valence-electron chi connectivity index (χ4n) is 1.70. The Kier molecular flexibility index (Phi) is 4.95. The van der Waals surface area contributed by atoms with E-state index in [0.717, 1.165) is 0 Å². The average molecular weight is 331 g/mol. The molecule has 8 heteroatoms. The van der Waals surface area contributed by atoms with Gasteiger partial charge in [0, 0.05) is 11.8 Å². The van der Waals surface area contributed by atoms with E-state index in [2.05, 4.69) is 20.9 Å². The first-order valence-electron chi connectivity index (χ1n) is 6.42. The van der Waals surface area contributed by atoms with Crippen molar-refractivity contribution in [1.82, 2.24) is 9.71 Å². The maximum Gasteiger partial charge on any atom is 0.256 e. The predicted octanol–water partition coefficient (Wildman–Crippen LogP) is 0.951. The van der Waals surface area contributed by atoms with Crippen molar-refractivity contribution in [2.75, 3.05) is 11.9 Å². The van der Waals surface area contributed by atoms with Gasteiger partial charge in [0.1, 0.15) is 0 Å². The molecule has 1 aromatic carbocycles. The molecule has 2 aromatic rings. The van der Waals surface area contributed by atoms with Crippen LogP contribution in [0.15, 0.2) is 47.5 Å². The van der Waals surface area contributed by atoms with Gasteiger partial charge >= 0.3 is 0 Å². The van der Waals surface area contributed by atoms with Crippen molar-refractivity contribution >= 4 is 21.7 Å². The highest BCUT2D eigenvalue weighted by Gasteiger charge is 2.16. The fraction of sp³-hybridized carbons (Fsp3) is 0.0667. The molecule has 0 saturated carbocycles. The number of nitrogens with one attached hydrogen (secondary N) is 2. The lowest BCUT2D eigenvalue weighted by molar-refractivity contribution is 0.102. The third kappa shape index (κ3) is 4.06. The van der Waals surface area contributed by atoms with Gasteiger partial charge in [0.15, 0.2) is 11.6 Å². The normalized spacial score (nSPS) is 10.7. The van der Waals surface area contributed by atoms with Crippen molar-refractivity contribution in [3.8, 4) is 18.1 Å². The van der Waals surface area contributed by atoms with Crippen molar-refractivity contribution in [2.24, 2.45) is 0 Å². The molecule has 0 radical (unpaired) electrons. The number of anilines is 1. The Balaban J connectivity index is 2.25. The molecule has 0 atom stereocenters. The van der Waals surface area contributed by atoms with E-state index in [1.807, 2.05) is 0 Å². The van der Waals surface area contributed by atoms with Crippen LogP contribution >= 0.6 is 0 Å². The van der Waals surface area contributed by atoms with Gasteiger partial charge in [0.05, 0.1) is 11.4 Å². The summed E-state index contributed by atoms with van der Waals surface area (Å²) < 4.78 is 26.2. The third-order valence-electron chi connectivity index (χ3n) is 2.79. The molecule has 0 aliphatic heterocycles. The highest BCUT2D eigenvalue weighted by Crippen LogP contribution is 2.19. The SMILES string of the molecule is C#CCNS(=O)(=O)c1cccc(C(=O)Nc2ncccc2O)c1. The Hall–Kier alpha value is -2.89. The summed E-state index contributed by atoms with van der Waals surface area (Å²) in [4.78, 5) is 15.9. The van der Waals surface area contributed by atoms with Crippen LogP contribution in [0.25, 0.3) is 0 Å². The predicted molar refractivity (Wildman–Crippen MR) is 84.3 cm³/mol. The van der Waals surface area contributed by atoms with Gasteiger partial charge in [0.2, 0.25) is 10.0 Å². The van der Waals surface area contributed by atoms with Crippen LogP contribution in [0.5, 0.6) is 5.75 Å². The Morgan fingerprint density at radius 2 is 2.09 bits per heavy atom. The van der Waals surface area contributed by atoms with Gasteiger partial charge in [-0.2, -0.15) is 4.72 Å². The van der Waals surface area contributed by atoms with Gasteiger partial charge in [-0.15, -0.1) is 6.42 Å². The van der Waals surface area contributed by atoms with Gasteiger partial charge in [0.25, 0.3) is 5.91 Å². The molecule has 0 bridgehead atoms. The lowest BCUT2D eigenvalue weighted by Gasteiger charge is -2.08. The Bertz CT molecular complexity index is 872. The Morgan fingerprint density at radius 1 is 1.30 bits per heavy atom. The van der Waals surface area contributed by atoms with Crippen LogP contribution in [-0.4, -0.2) is 31.0 Å². The zero-order valence-corrected chi connectivity index (χ0v) is 12.7. The fourth-order valence-corrected chi connectivity index (χ4v) is 2.68. The van der Waals surface area contributed by atoms with Crippen molar-refractivity contribution in [2.45, 2.75) is 4.90 Å². The van der Waals surface area contributed by atoms with E-state index in [4.69, 9.17) is 6.42 Å². The van der Waals surface area contributed by atoms with Crippen molar-refractivity contribution in [3.63, 3.8) is 0 Å². The van der Waals surface area contributed by atoms with Gasteiger partial charge in [-0.3, -0.25) is 4.79 Å². The second-order valence-electron chi connectivity index (χ2n) is 4.38. The third-order valence-corrected chi connectivity index (χ3v) is 4.19. The molecule has 0 spiro atoms. The molecule has 3 N–H and O–H groups in total. The smallest absolute Gasteiger partial charge is 0.256 e. The number of sulfonamides is 1. The Morgan fingerprint density at radius 3 is 2.78 bits per heavy atom. The number of carbonyl (C=O) groups excluding carboxylic acids is 1. The van der Waals surface area contributed by atoms with Crippen LogP contribution < -0.4 is 10.0 Å². The molecule has 0 fully saturated rings. The summed E-state index contributed by atoms with van der Waals surface area (Å²) in [5.41, 5.74) is 0.0960. The lowest BCUT2D eigenvalue weighted by atomic mass is 10.2. The zero-order chi connectivity index (χ0) is 16.9. The van der Waals surface area contributed by atoms with E-state index in [9.17, 15) is 18.3 Å². The molecule has 2 rings (SSSR count). The minimum absolute atomic E-state index is 0.0174. The molecule has 1 heterocycles. The number of aromatic nitrogens is 1. The van der Waals surface area contributed by atoms with E-state index >= 15 is 0 Å². The summed E-state index contributed by atoms with van der Waals surface area (Å²) in [6.45, 7) is -0.152. The first-order chi connectivity index (χ1) is 10.9. The number of hydrogen-bond acceptors (Lipinski definition) is 5. The average Bonchev–Trinajstić information content (AvgIpc) is 2.55. The molecule has 118 valence electrons. The molecule has 23 heavy (non-hydrogen) atoms. The molecule has 0 unspecified atom stereocenters. The highest BCUT2D eigenvalue weighted by molar-refractivity contribution is 7.89. The number of amides is 1. The summed E-state index contributed by atoms with van der Waals surface area (Å²) in [6, 6.07) is 8.29. The Labute approximate surface area is 133 Å².